The van der Waals surface area contributed by atoms with Gasteiger partial charge in [0.15, 0.2) is 0 Å². The number of amides is 2. The van der Waals surface area contributed by atoms with Gasteiger partial charge in [0.05, 0.1) is 5.92 Å². The van der Waals surface area contributed by atoms with Crippen molar-refractivity contribution in [1.82, 2.24) is 15.2 Å². The smallest absolute Gasteiger partial charge is 0.253 e. The van der Waals surface area contributed by atoms with Gasteiger partial charge >= 0.3 is 0 Å². The van der Waals surface area contributed by atoms with E-state index in [0.29, 0.717) is 25.2 Å². The van der Waals surface area contributed by atoms with E-state index in [1.807, 2.05) is 42.3 Å². The highest BCUT2D eigenvalue weighted by molar-refractivity contribution is 5.94. The second kappa shape index (κ2) is 7.85. The number of piperazine rings is 1. The molecule has 1 unspecified atom stereocenters. The number of nitrogens with one attached hydrogen (secondary N) is 1. The summed E-state index contributed by atoms with van der Waals surface area (Å²) in [6, 6.07) is 9.71. The molecule has 6 heteroatoms. The molecule has 0 aliphatic carbocycles. The Bertz CT molecular complexity index is 917. The summed E-state index contributed by atoms with van der Waals surface area (Å²) in [5, 5.41) is 2.91. The van der Waals surface area contributed by atoms with Crippen LogP contribution < -0.4 is 10.2 Å². The summed E-state index contributed by atoms with van der Waals surface area (Å²) in [4.78, 5) is 33.7. The van der Waals surface area contributed by atoms with Gasteiger partial charge in [-0.1, -0.05) is 25.1 Å². The predicted octanol–water partition coefficient (Wildman–Crippen LogP) is 2.51. The third-order valence-electron chi connectivity index (χ3n) is 6.02. The number of benzene rings is 1. The highest BCUT2D eigenvalue weighted by atomic mass is 16.2. The van der Waals surface area contributed by atoms with Crippen LogP contribution in [0.15, 0.2) is 36.5 Å². The maximum absolute atomic E-state index is 12.9. The Hall–Kier alpha value is -2.89. The van der Waals surface area contributed by atoms with E-state index < -0.39 is 0 Å². The number of anilines is 1. The maximum atomic E-state index is 12.9. The maximum Gasteiger partial charge on any atom is 0.253 e. The summed E-state index contributed by atoms with van der Waals surface area (Å²) >= 11 is 0. The Morgan fingerprint density at radius 1 is 1.10 bits per heavy atom. The van der Waals surface area contributed by atoms with Crippen molar-refractivity contribution in [2.45, 2.75) is 26.7 Å². The van der Waals surface area contributed by atoms with E-state index >= 15 is 0 Å². The number of carbonyl (C=O) groups excluding carboxylic acids is 2. The number of hydrogen-bond donors (Lipinski definition) is 1. The first-order valence-electron chi connectivity index (χ1n) is 10.3. The van der Waals surface area contributed by atoms with Gasteiger partial charge in [-0.15, -0.1) is 0 Å². The molecule has 2 saturated heterocycles. The topological polar surface area (TPSA) is 65.5 Å². The number of hydrogen-bond acceptors (Lipinski definition) is 4. The molecule has 3 heterocycles. The molecule has 29 heavy (non-hydrogen) atoms. The normalized spacial score (nSPS) is 22.0. The molecular formula is C23H28N4O2. The van der Waals surface area contributed by atoms with Crippen molar-refractivity contribution in [3.8, 4) is 0 Å². The van der Waals surface area contributed by atoms with E-state index in [4.69, 9.17) is 0 Å². The Kier molecular flexibility index (Phi) is 5.26. The molecule has 152 valence electrons. The number of aromatic nitrogens is 1. The molecule has 2 aliphatic rings. The average molecular weight is 393 g/mol. The van der Waals surface area contributed by atoms with Gasteiger partial charge in [-0.3, -0.25) is 9.59 Å². The number of aryl methyl sites for hydroxylation is 2. The zero-order chi connectivity index (χ0) is 20.5. The van der Waals surface area contributed by atoms with Gasteiger partial charge in [0, 0.05) is 44.5 Å². The molecule has 0 radical (unpaired) electrons. The van der Waals surface area contributed by atoms with E-state index in [2.05, 4.69) is 35.1 Å². The quantitative estimate of drug-likeness (QED) is 0.872. The summed E-state index contributed by atoms with van der Waals surface area (Å²) < 4.78 is 0. The minimum atomic E-state index is -0.118. The standard InChI is InChI=1S/C23H28N4O2/c1-15-12-16(2)21(24-13-15)26-8-10-27(11-9-26)23(29)19-6-4-18(5-7-19)20-17(3)14-25-22(20)28/h4-7,12-13,17,20H,8-11,14H2,1-3H3,(H,25,28)/t17?,20-/m0/s1. The van der Waals surface area contributed by atoms with E-state index in [1.165, 1.54) is 5.56 Å². The number of carbonyl (C=O) groups is 2. The Labute approximate surface area is 171 Å². The van der Waals surface area contributed by atoms with E-state index in [-0.39, 0.29) is 23.7 Å². The molecule has 1 aromatic heterocycles. The molecule has 2 amide bonds. The zero-order valence-corrected chi connectivity index (χ0v) is 17.3. The van der Waals surface area contributed by atoms with Gasteiger partial charge in [-0.25, -0.2) is 4.98 Å². The fourth-order valence-electron chi connectivity index (χ4n) is 4.40. The second-order valence-corrected chi connectivity index (χ2v) is 8.25. The minimum absolute atomic E-state index is 0.0497. The molecule has 0 bridgehead atoms. The first-order chi connectivity index (χ1) is 13.9. The summed E-state index contributed by atoms with van der Waals surface area (Å²) in [6.07, 6.45) is 1.90. The van der Waals surface area contributed by atoms with Crippen LogP contribution in [-0.2, 0) is 4.79 Å². The average Bonchev–Trinajstić information content (AvgIpc) is 3.06. The van der Waals surface area contributed by atoms with Gasteiger partial charge in [-0.05, 0) is 48.6 Å². The molecule has 0 saturated carbocycles. The largest absolute Gasteiger partial charge is 0.355 e. The Balaban J connectivity index is 1.40. The molecule has 2 aliphatic heterocycles. The van der Waals surface area contributed by atoms with Crippen LogP contribution in [0, 0.1) is 19.8 Å². The van der Waals surface area contributed by atoms with Gasteiger partial charge in [0.25, 0.3) is 5.91 Å². The lowest BCUT2D eigenvalue weighted by atomic mass is 9.89. The lowest BCUT2D eigenvalue weighted by Crippen LogP contribution is -2.49. The van der Waals surface area contributed by atoms with Gasteiger partial charge in [0.2, 0.25) is 5.91 Å². The number of rotatable bonds is 3. The minimum Gasteiger partial charge on any atom is -0.355 e. The van der Waals surface area contributed by atoms with Crippen molar-refractivity contribution >= 4 is 17.6 Å². The van der Waals surface area contributed by atoms with Crippen molar-refractivity contribution < 1.29 is 9.59 Å². The molecular weight excluding hydrogens is 364 g/mol. The summed E-state index contributed by atoms with van der Waals surface area (Å²) in [5.74, 6) is 1.29. The van der Waals surface area contributed by atoms with Gasteiger partial charge < -0.3 is 15.1 Å². The lowest BCUT2D eigenvalue weighted by Gasteiger charge is -2.36. The van der Waals surface area contributed by atoms with Gasteiger partial charge in [0.1, 0.15) is 5.82 Å². The van der Waals surface area contributed by atoms with E-state index in [0.717, 1.165) is 30.0 Å². The molecule has 1 aromatic carbocycles. The molecule has 2 aromatic rings. The van der Waals surface area contributed by atoms with Crippen molar-refractivity contribution in [3.05, 3.63) is 58.8 Å². The fraction of sp³-hybridized carbons (Fsp3) is 0.435. The van der Waals surface area contributed by atoms with Crippen molar-refractivity contribution in [3.63, 3.8) is 0 Å². The van der Waals surface area contributed by atoms with Crippen LogP contribution >= 0.6 is 0 Å². The lowest BCUT2D eigenvalue weighted by molar-refractivity contribution is -0.120. The highest BCUT2D eigenvalue weighted by Gasteiger charge is 2.33. The molecule has 0 spiro atoms. The van der Waals surface area contributed by atoms with E-state index in [1.54, 1.807) is 0 Å². The van der Waals surface area contributed by atoms with Crippen LogP contribution in [0.1, 0.15) is 39.9 Å². The third-order valence-corrected chi connectivity index (χ3v) is 6.02. The second-order valence-electron chi connectivity index (χ2n) is 8.25. The first-order valence-corrected chi connectivity index (χ1v) is 10.3. The molecule has 2 atom stereocenters. The molecule has 2 fully saturated rings. The monoisotopic (exact) mass is 392 g/mol. The molecule has 4 rings (SSSR count). The number of nitrogens with zero attached hydrogens (tertiary/aromatic N) is 3. The van der Waals surface area contributed by atoms with Crippen molar-refractivity contribution in [2.24, 2.45) is 5.92 Å². The van der Waals surface area contributed by atoms with E-state index in [9.17, 15) is 9.59 Å². The predicted molar refractivity (Wildman–Crippen MR) is 113 cm³/mol. The summed E-state index contributed by atoms with van der Waals surface area (Å²) in [6.45, 7) is 9.83. The SMILES string of the molecule is Cc1cnc(N2CCN(C(=O)c3ccc([C@H]4C(=O)NCC4C)cc3)CC2)c(C)c1. The van der Waals surface area contributed by atoms with Crippen LogP contribution in [-0.4, -0.2) is 54.4 Å². The van der Waals surface area contributed by atoms with Crippen LogP contribution in [0.4, 0.5) is 5.82 Å². The third kappa shape index (κ3) is 3.84. The van der Waals surface area contributed by atoms with Crippen LogP contribution in [0.5, 0.6) is 0 Å². The molecule has 1 N–H and O–H groups in total. The zero-order valence-electron chi connectivity index (χ0n) is 17.3. The summed E-state index contributed by atoms with van der Waals surface area (Å²) in [7, 11) is 0. The number of pyridine rings is 1. The van der Waals surface area contributed by atoms with Gasteiger partial charge in [-0.2, -0.15) is 0 Å². The van der Waals surface area contributed by atoms with Crippen LogP contribution in [0.25, 0.3) is 0 Å². The van der Waals surface area contributed by atoms with Crippen molar-refractivity contribution in [1.29, 1.82) is 0 Å². The Morgan fingerprint density at radius 3 is 2.38 bits per heavy atom. The van der Waals surface area contributed by atoms with Crippen LogP contribution in [0.3, 0.4) is 0 Å². The van der Waals surface area contributed by atoms with Crippen molar-refractivity contribution in [2.75, 3.05) is 37.6 Å². The Morgan fingerprint density at radius 2 is 1.79 bits per heavy atom. The fourth-order valence-corrected chi connectivity index (χ4v) is 4.40. The molecule has 6 nitrogen and oxygen atoms in total. The highest BCUT2D eigenvalue weighted by Crippen LogP contribution is 2.29. The summed E-state index contributed by atoms with van der Waals surface area (Å²) in [5.41, 5.74) is 3.99. The first kappa shape index (κ1) is 19.4. The van der Waals surface area contributed by atoms with Crippen LogP contribution in [0.2, 0.25) is 0 Å².